The van der Waals surface area contributed by atoms with Crippen LogP contribution in [0.3, 0.4) is 0 Å². The monoisotopic (exact) mass is 429 g/mol. The summed E-state index contributed by atoms with van der Waals surface area (Å²) in [6.07, 6.45) is 3.76. The van der Waals surface area contributed by atoms with Gasteiger partial charge in [0.15, 0.2) is 6.23 Å². The first-order valence-corrected chi connectivity index (χ1v) is 11.9. The predicted octanol–water partition coefficient (Wildman–Crippen LogP) is 2.94. The maximum Gasteiger partial charge on any atom is 0.310 e. The fourth-order valence-electron chi connectivity index (χ4n) is 3.62. The molecular formula is C22H27N3O4S. The number of sulfonamides is 1. The highest BCUT2D eigenvalue weighted by atomic mass is 32.2. The lowest BCUT2D eigenvalue weighted by Crippen LogP contribution is -2.42. The zero-order valence-corrected chi connectivity index (χ0v) is 17.9. The Morgan fingerprint density at radius 3 is 2.67 bits per heavy atom. The third-order valence-electron chi connectivity index (χ3n) is 5.66. The van der Waals surface area contributed by atoms with E-state index in [2.05, 4.69) is 15.0 Å². The highest BCUT2D eigenvalue weighted by Gasteiger charge is 2.31. The number of ether oxygens (including phenoxy) is 1. The van der Waals surface area contributed by atoms with E-state index in [-0.39, 0.29) is 23.2 Å². The van der Waals surface area contributed by atoms with Crippen LogP contribution >= 0.6 is 0 Å². The number of hydrogen-bond acceptors (Lipinski definition) is 6. The van der Waals surface area contributed by atoms with Crippen molar-refractivity contribution in [1.29, 1.82) is 0 Å². The number of hydrogen-bond donors (Lipinski definition) is 2. The molecule has 160 valence electrons. The first-order chi connectivity index (χ1) is 14.4. The molecular weight excluding hydrogens is 402 g/mol. The SMILES string of the molecule is Cc1ccc(S(=O)(=O)NC(Cc2ccc3c(n2)NCCC3)OC(=O)C2CCC2)cc1. The Morgan fingerprint density at radius 1 is 1.20 bits per heavy atom. The summed E-state index contributed by atoms with van der Waals surface area (Å²) in [6, 6.07) is 10.4. The standard InChI is InChI=1S/C22H27N3O4S/c1-15-7-11-19(12-8-15)30(27,28)25-20(29-22(26)17-4-2-5-17)14-18-10-9-16-6-3-13-23-21(16)24-18/h7-12,17,20,25H,2-6,13-14H2,1H3,(H,23,24). The number of nitrogens with one attached hydrogen (secondary N) is 2. The van der Waals surface area contributed by atoms with Gasteiger partial charge in [-0.3, -0.25) is 4.79 Å². The summed E-state index contributed by atoms with van der Waals surface area (Å²) < 4.78 is 33.9. The average molecular weight is 430 g/mol. The minimum Gasteiger partial charge on any atom is -0.445 e. The number of fused-ring (bicyclic) bond motifs is 1. The van der Waals surface area contributed by atoms with Crippen LogP contribution < -0.4 is 10.0 Å². The number of carbonyl (C=O) groups is 1. The summed E-state index contributed by atoms with van der Waals surface area (Å²) in [5, 5.41) is 3.28. The fourth-order valence-corrected chi connectivity index (χ4v) is 4.73. The van der Waals surface area contributed by atoms with Crippen molar-refractivity contribution < 1.29 is 17.9 Å². The van der Waals surface area contributed by atoms with Gasteiger partial charge in [-0.1, -0.05) is 30.2 Å². The van der Waals surface area contributed by atoms with Gasteiger partial charge in [0.2, 0.25) is 10.0 Å². The summed E-state index contributed by atoms with van der Waals surface area (Å²) in [4.78, 5) is 17.2. The van der Waals surface area contributed by atoms with Crippen molar-refractivity contribution in [3.05, 3.63) is 53.2 Å². The molecule has 2 heterocycles. The van der Waals surface area contributed by atoms with Gasteiger partial charge in [-0.2, -0.15) is 4.72 Å². The zero-order chi connectivity index (χ0) is 21.1. The van der Waals surface area contributed by atoms with E-state index in [0.717, 1.165) is 55.6 Å². The number of benzene rings is 1. The van der Waals surface area contributed by atoms with Crippen molar-refractivity contribution in [2.75, 3.05) is 11.9 Å². The van der Waals surface area contributed by atoms with Crippen molar-refractivity contribution in [3.63, 3.8) is 0 Å². The van der Waals surface area contributed by atoms with Gasteiger partial charge in [-0.15, -0.1) is 0 Å². The van der Waals surface area contributed by atoms with Crippen LogP contribution in [0, 0.1) is 12.8 Å². The van der Waals surface area contributed by atoms with Gasteiger partial charge in [-0.25, -0.2) is 13.4 Å². The number of aromatic nitrogens is 1. The largest absolute Gasteiger partial charge is 0.445 e. The Balaban J connectivity index is 1.54. The summed E-state index contributed by atoms with van der Waals surface area (Å²) in [5.41, 5.74) is 2.78. The van der Waals surface area contributed by atoms with Crippen molar-refractivity contribution in [1.82, 2.24) is 9.71 Å². The molecule has 0 radical (unpaired) electrons. The molecule has 0 spiro atoms. The second-order valence-corrected chi connectivity index (χ2v) is 9.75. The van der Waals surface area contributed by atoms with E-state index in [1.54, 1.807) is 24.3 Å². The molecule has 2 aliphatic rings. The smallest absolute Gasteiger partial charge is 0.310 e. The molecule has 30 heavy (non-hydrogen) atoms. The van der Waals surface area contributed by atoms with Gasteiger partial charge < -0.3 is 10.1 Å². The molecule has 1 atom stereocenters. The van der Waals surface area contributed by atoms with E-state index in [0.29, 0.717) is 5.69 Å². The molecule has 7 nitrogen and oxygen atoms in total. The molecule has 0 amide bonds. The van der Waals surface area contributed by atoms with Crippen LogP contribution in [0.4, 0.5) is 5.82 Å². The van der Waals surface area contributed by atoms with Crippen molar-refractivity contribution >= 4 is 21.8 Å². The Morgan fingerprint density at radius 2 is 1.97 bits per heavy atom. The van der Waals surface area contributed by atoms with Crippen LogP contribution in [0.15, 0.2) is 41.3 Å². The Labute approximate surface area is 177 Å². The summed E-state index contributed by atoms with van der Waals surface area (Å²) >= 11 is 0. The van der Waals surface area contributed by atoms with Crippen molar-refractivity contribution in [2.45, 2.75) is 56.6 Å². The van der Waals surface area contributed by atoms with Crippen LogP contribution in [-0.4, -0.2) is 32.1 Å². The number of carbonyl (C=O) groups excluding carboxylic acids is 1. The van der Waals surface area contributed by atoms with E-state index >= 15 is 0 Å². The molecule has 1 aliphatic heterocycles. The van der Waals surface area contributed by atoms with E-state index in [1.807, 2.05) is 19.1 Å². The maximum atomic E-state index is 12.9. The zero-order valence-electron chi connectivity index (χ0n) is 17.1. The lowest BCUT2D eigenvalue weighted by Gasteiger charge is -2.27. The lowest BCUT2D eigenvalue weighted by molar-refractivity contribution is -0.157. The molecule has 0 saturated heterocycles. The van der Waals surface area contributed by atoms with Gasteiger partial charge in [0, 0.05) is 18.7 Å². The minimum atomic E-state index is -3.84. The lowest BCUT2D eigenvalue weighted by atomic mass is 9.86. The van der Waals surface area contributed by atoms with Crippen LogP contribution in [0.5, 0.6) is 0 Å². The molecule has 8 heteroatoms. The second kappa shape index (κ2) is 8.73. The van der Waals surface area contributed by atoms with Crippen LogP contribution in [0.1, 0.15) is 42.5 Å². The third-order valence-corrected chi connectivity index (χ3v) is 7.13. The number of nitrogens with zero attached hydrogens (tertiary/aromatic N) is 1. The fraction of sp³-hybridized carbons (Fsp3) is 0.455. The number of anilines is 1. The molecule has 1 aliphatic carbocycles. The summed E-state index contributed by atoms with van der Waals surface area (Å²) in [6.45, 7) is 2.76. The van der Waals surface area contributed by atoms with E-state index < -0.39 is 16.3 Å². The molecule has 4 rings (SSSR count). The molecule has 1 saturated carbocycles. The molecule has 1 aromatic heterocycles. The highest BCUT2D eigenvalue weighted by Crippen LogP contribution is 2.28. The van der Waals surface area contributed by atoms with Crippen molar-refractivity contribution in [3.8, 4) is 0 Å². The Hall–Kier alpha value is -2.45. The second-order valence-electron chi connectivity index (χ2n) is 8.03. The predicted molar refractivity (Wildman–Crippen MR) is 113 cm³/mol. The van der Waals surface area contributed by atoms with Gasteiger partial charge >= 0.3 is 5.97 Å². The maximum absolute atomic E-state index is 12.9. The number of pyridine rings is 1. The quantitative estimate of drug-likeness (QED) is 0.519. The molecule has 2 aromatic rings. The Bertz CT molecular complexity index is 1020. The number of rotatable bonds is 7. The normalized spacial score (nSPS) is 17.4. The van der Waals surface area contributed by atoms with Crippen LogP contribution in [0.2, 0.25) is 0 Å². The van der Waals surface area contributed by atoms with E-state index in [1.165, 1.54) is 0 Å². The third kappa shape index (κ3) is 4.82. The molecule has 0 bridgehead atoms. The van der Waals surface area contributed by atoms with Gasteiger partial charge in [-0.05, 0) is 56.4 Å². The first-order valence-electron chi connectivity index (χ1n) is 10.4. The molecule has 2 N–H and O–H groups in total. The van der Waals surface area contributed by atoms with Crippen molar-refractivity contribution in [2.24, 2.45) is 5.92 Å². The average Bonchev–Trinajstić information content (AvgIpc) is 2.66. The van der Waals surface area contributed by atoms with Gasteiger partial charge in [0.25, 0.3) is 0 Å². The molecule has 1 fully saturated rings. The first kappa shape index (κ1) is 20.8. The topological polar surface area (TPSA) is 97.4 Å². The number of aryl methyl sites for hydroxylation is 2. The Kier molecular flexibility index (Phi) is 6.06. The van der Waals surface area contributed by atoms with Gasteiger partial charge in [0.1, 0.15) is 5.82 Å². The van der Waals surface area contributed by atoms with E-state index in [4.69, 9.17) is 4.74 Å². The van der Waals surface area contributed by atoms with Crippen LogP contribution in [0.25, 0.3) is 0 Å². The van der Waals surface area contributed by atoms with E-state index in [9.17, 15) is 13.2 Å². The molecule has 1 unspecified atom stereocenters. The van der Waals surface area contributed by atoms with Crippen LogP contribution in [-0.2, 0) is 32.4 Å². The number of esters is 1. The summed E-state index contributed by atoms with van der Waals surface area (Å²) in [7, 11) is -3.84. The van der Waals surface area contributed by atoms with Gasteiger partial charge in [0.05, 0.1) is 10.8 Å². The minimum absolute atomic E-state index is 0.137. The molecule has 1 aromatic carbocycles. The summed E-state index contributed by atoms with van der Waals surface area (Å²) in [5.74, 6) is 0.327. The highest BCUT2D eigenvalue weighted by molar-refractivity contribution is 7.89.